The van der Waals surface area contributed by atoms with E-state index in [0.717, 1.165) is 42.9 Å². The summed E-state index contributed by atoms with van der Waals surface area (Å²) in [6.07, 6.45) is 4.13. The summed E-state index contributed by atoms with van der Waals surface area (Å²) < 4.78 is 41.3. The first-order valence-electron chi connectivity index (χ1n) is 9.85. The predicted octanol–water partition coefficient (Wildman–Crippen LogP) is 4.14. The highest BCUT2D eigenvalue weighted by Crippen LogP contribution is 2.41. The van der Waals surface area contributed by atoms with Crippen molar-refractivity contribution in [3.63, 3.8) is 0 Å². The van der Waals surface area contributed by atoms with Gasteiger partial charge in [0.25, 0.3) is 0 Å². The number of piperidine rings is 1. The summed E-state index contributed by atoms with van der Waals surface area (Å²) in [5.41, 5.74) is 0.274. The number of hydrogen-bond donors (Lipinski definition) is 3. The summed E-state index contributed by atoms with van der Waals surface area (Å²) in [7, 11) is 0. The van der Waals surface area contributed by atoms with Crippen LogP contribution in [0.3, 0.4) is 0 Å². The van der Waals surface area contributed by atoms with Crippen molar-refractivity contribution in [2.45, 2.75) is 25.1 Å². The summed E-state index contributed by atoms with van der Waals surface area (Å²) in [5, 5.41) is 8.20. The summed E-state index contributed by atoms with van der Waals surface area (Å²) in [6, 6.07) is 5.76. The van der Waals surface area contributed by atoms with E-state index in [1.807, 2.05) is 18.2 Å². The lowest BCUT2D eigenvalue weighted by Crippen LogP contribution is -2.38. The van der Waals surface area contributed by atoms with Crippen molar-refractivity contribution in [1.82, 2.24) is 20.3 Å². The normalized spacial score (nSPS) is 18.0. The average Bonchev–Trinajstić information content (AvgIpc) is 3.11. The maximum absolute atomic E-state index is 13.8. The van der Waals surface area contributed by atoms with Crippen LogP contribution in [0.15, 0.2) is 30.6 Å². The Balaban J connectivity index is 1.84. The van der Waals surface area contributed by atoms with Gasteiger partial charge in [-0.3, -0.25) is 0 Å². The van der Waals surface area contributed by atoms with E-state index in [1.165, 1.54) is 0 Å². The Labute approximate surface area is 173 Å². The number of hydrogen-bond acceptors (Lipinski definition) is 4. The lowest BCUT2D eigenvalue weighted by atomic mass is 10.1. The lowest BCUT2D eigenvalue weighted by Gasteiger charge is -2.24. The fourth-order valence-electron chi connectivity index (χ4n) is 3.86. The van der Waals surface area contributed by atoms with Crippen LogP contribution < -0.4 is 15.9 Å². The summed E-state index contributed by atoms with van der Waals surface area (Å²) in [5.74, 6) is 0.210. The summed E-state index contributed by atoms with van der Waals surface area (Å²) in [4.78, 5) is 11.5. The molecule has 30 heavy (non-hydrogen) atoms. The number of nitrogens with one attached hydrogen (secondary N) is 3. The minimum Gasteiger partial charge on any atom is -0.360 e. The van der Waals surface area contributed by atoms with Crippen molar-refractivity contribution in [2.24, 2.45) is 0 Å². The zero-order valence-electron chi connectivity index (χ0n) is 17.0. The van der Waals surface area contributed by atoms with Crippen LogP contribution in [-0.2, 0) is 6.18 Å². The third-order valence-corrected chi connectivity index (χ3v) is 7.00. The monoisotopic (exact) mass is 435 g/mol. The van der Waals surface area contributed by atoms with Crippen LogP contribution in [0.4, 0.5) is 19.1 Å². The number of anilines is 1. The third-order valence-electron chi connectivity index (χ3n) is 5.33. The Morgan fingerprint density at radius 2 is 2.07 bits per heavy atom. The minimum atomic E-state index is -4.56. The molecule has 1 aliphatic rings. The molecule has 0 radical (unpaired) electrons. The van der Waals surface area contributed by atoms with Gasteiger partial charge < -0.3 is 15.6 Å². The summed E-state index contributed by atoms with van der Waals surface area (Å²) >= 11 is 0. The molecule has 160 valence electrons. The molecule has 1 aliphatic heterocycles. The van der Waals surface area contributed by atoms with Crippen LogP contribution in [0.25, 0.3) is 22.2 Å². The van der Waals surface area contributed by atoms with Crippen molar-refractivity contribution in [2.75, 3.05) is 31.7 Å². The number of rotatable bonds is 4. The maximum atomic E-state index is 13.8. The second-order valence-electron chi connectivity index (χ2n) is 8.23. The smallest absolute Gasteiger partial charge is 0.360 e. The van der Waals surface area contributed by atoms with E-state index in [1.54, 1.807) is 6.20 Å². The Hall–Kier alpha value is -2.31. The van der Waals surface area contributed by atoms with E-state index >= 15 is 0 Å². The van der Waals surface area contributed by atoms with Crippen LogP contribution in [0, 0.1) is 0 Å². The molecule has 0 saturated carbocycles. The molecular weight excluding hydrogens is 410 g/mol. The van der Waals surface area contributed by atoms with Gasteiger partial charge in [-0.05, 0) is 38.0 Å². The topological polar surface area (TPSA) is 65.6 Å². The number of fused-ring (bicyclic) bond motifs is 1. The fraction of sp³-hybridized carbons (Fsp3) is 0.381. The summed E-state index contributed by atoms with van der Waals surface area (Å²) in [6.45, 7) is 4.21. The molecule has 3 N–H and O–H groups in total. The average molecular weight is 435 g/mol. The molecule has 3 aromatic rings. The first-order chi connectivity index (χ1) is 14.1. The molecule has 0 bridgehead atoms. The van der Waals surface area contributed by atoms with E-state index < -0.39 is 18.6 Å². The molecule has 1 aromatic carbocycles. The highest BCUT2D eigenvalue weighted by atomic mass is 31.2. The number of para-hydroxylation sites is 1. The molecule has 0 aliphatic carbocycles. The van der Waals surface area contributed by atoms with Crippen molar-refractivity contribution in [3.05, 3.63) is 36.2 Å². The number of aromatic amines is 1. The Morgan fingerprint density at radius 3 is 2.73 bits per heavy atom. The molecular formula is C21H25F3N5P. The van der Waals surface area contributed by atoms with Crippen LogP contribution in [0.1, 0.15) is 18.4 Å². The predicted molar refractivity (Wildman–Crippen MR) is 119 cm³/mol. The van der Waals surface area contributed by atoms with Gasteiger partial charge in [0.15, 0.2) is 0 Å². The molecule has 3 heterocycles. The first-order valence-corrected chi connectivity index (χ1v) is 12.7. The highest BCUT2D eigenvalue weighted by molar-refractivity contribution is 7.79. The van der Waals surface area contributed by atoms with Gasteiger partial charge in [0.2, 0.25) is 5.95 Å². The van der Waals surface area contributed by atoms with E-state index in [0.29, 0.717) is 10.9 Å². The van der Waals surface area contributed by atoms with Gasteiger partial charge in [-0.15, -0.1) is 0 Å². The van der Waals surface area contributed by atoms with Crippen LogP contribution in [0.2, 0.25) is 0 Å². The molecule has 5 nitrogen and oxygen atoms in total. The van der Waals surface area contributed by atoms with E-state index in [-0.39, 0.29) is 17.7 Å². The molecule has 2 aromatic heterocycles. The number of nitrogens with zero attached hydrogens (tertiary/aromatic N) is 2. The quantitative estimate of drug-likeness (QED) is 0.539. The largest absolute Gasteiger partial charge is 0.419 e. The van der Waals surface area contributed by atoms with Gasteiger partial charge in [-0.1, -0.05) is 31.4 Å². The second kappa shape index (κ2) is 7.75. The Kier molecular flexibility index (Phi) is 5.41. The molecule has 1 saturated heterocycles. The fourth-order valence-corrected chi connectivity index (χ4v) is 5.14. The second-order valence-corrected chi connectivity index (χ2v) is 12.1. The number of aromatic nitrogens is 3. The molecule has 9 heteroatoms. The molecule has 0 spiro atoms. The standard InChI is InChI=1S/C21H25F3N5P/c1-30(2,3)17-8-4-7-14-15(11-26-19(14)17)18-16(21(22,23)24)12-27-20(29-18)28-13-6-5-9-25-10-13/h4,7-8,11-13,25-26H,1,5-6,9-10H2,2-3H3,(H,27,28,29)/t13-/m0/s1. The lowest BCUT2D eigenvalue weighted by molar-refractivity contribution is -0.137. The van der Waals surface area contributed by atoms with Gasteiger partial charge >= 0.3 is 6.18 Å². The molecule has 1 fully saturated rings. The zero-order valence-corrected chi connectivity index (χ0v) is 17.9. The number of alkyl halides is 3. The van der Waals surface area contributed by atoms with Gasteiger partial charge in [0.05, 0.1) is 11.2 Å². The SMILES string of the molecule is C=P(C)(C)c1cccc2c(-c3nc(N[C@H]4CCCNC4)ncc3C(F)(F)F)c[nH]c12. The van der Waals surface area contributed by atoms with Crippen LogP contribution >= 0.6 is 6.89 Å². The molecule has 0 unspecified atom stereocenters. The zero-order chi connectivity index (χ0) is 21.5. The Morgan fingerprint density at radius 1 is 1.27 bits per heavy atom. The number of H-pyrrole nitrogens is 1. The van der Waals surface area contributed by atoms with Crippen LogP contribution in [0.5, 0.6) is 0 Å². The van der Waals surface area contributed by atoms with E-state index in [4.69, 9.17) is 0 Å². The van der Waals surface area contributed by atoms with Crippen LogP contribution in [-0.4, -0.2) is 53.7 Å². The van der Waals surface area contributed by atoms with Crippen molar-refractivity contribution in [3.8, 4) is 11.3 Å². The van der Waals surface area contributed by atoms with Gasteiger partial charge in [-0.2, -0.15) is 13.2 Å². The first kappa shape index (κ1) is 20.9. The van der Waals surface area contributed by atoms with E-state index in [2.05, 4.69) is 45.2 Å². The van der Waals surface area contributed by atoms with Gasteiger partial charge in [0, 0.05) is 35.9 Å². The van der Waals surface area contributed by atoms with Crippen molar-refractivity contribution < 1.29 is 13.2 Å². The number of halogens is 3. The Bertz CT molecular complexity index is 1110. The molecule has 1 atom stereocenters. The van der Waals surface area contributed by atoms with Crippen molar-refractivity contribution >= 4 is 35.3 Å². The highest BCUT2D eigenvalue weighted by Gasteiger charge is 2.36. The molecule has 4 rings (SSSR count). The molecule has 0 amide bonds. The minimum absolute atomic E-state index is 0.0923. The van der Waals surface area contributed by atoms with Crippen molar-refractivity contribution in [1.29, 1.82) is 0 Å². The van der Waals surface area contributed by atoms with E-state index in [9.17, 15) is 13.2 Å². The van der Waals surface area contributed by atoms with Gasteiger partial charge in [-0.25, -0.2) is 9.97 Å². The third kappa shape index (κ3) is 4.12. The van der Waals surface area contributed by atoms with Gasteiger partial charge in [0.1, 0.15) is 5.56 Å². The maximum Gasteiger partial charge on any atom is 0.419 e. The number of benzene rings is 1.